The van der Waals surface area contributed by atoms with Crippen LogP contribution < -0.4 is 4.90 Å². The first-order valence-electron chi connectivity index (χ1n) is 5.96. The van der Waals surface area contributed by atoms with E-state index in [1.165, 1.54) is 24.1 Å². The Balaban J connectivity index is 2.50. The number of anilines is 1. The minimum absolute atomic E-state index is 0.0970. The van der Waals surface area contributed by atoms with Crippen LogP contribution in [0.1, 0.15) is 16.8 Å². The minimum atomic E-state index is -3.88. The van der Waals surface area contributed by atoms with E-state index in [9.17, 15) is 18.0 Å². The molecule has 0 spiro atoms. The molecule has 2 rings (SSSR count). The summed E-state index contributed by atoms with van der Waals surface area (Å²) in [4.78, 5) is 25.1. The molecule has 1 heterocycles. The molecule has 0 N–H and O–H groups in total. The smallest absolute Gasteiger partial charge is 0.340 e. The zero-order valence-electron chi connectivity index (χ0n) is 11.2. The lowest BCUT2D eigenvalue weighted by molar-refractivity contribution is -0.117. The molecule has 1 atom stereocenters. The van der Waals surface area contributed by atoms with Crippen LogP contribution in [0, 0.1) is 0 Å². The number of nitrogens with zero attached hydrogens (tertiary/aromatic N) is 1. The fraction of sp³-hybridized carbons (Fsp3) is 0.333. The van der Waals surface area contributed by atoms with Crippen LogP contribution in [0.5, 0.6) is 0 Å². The lowest BCUT2D eigenvalue weighted by atomic mass is 10.1. The van der Waals surface area contributed by atoms with Gasteiger partial charge in [-0.1, -0.05) is 11.6 Å². The van der Waals surface area contributed by atoms with E-state index < -0.39 is 26.2 Å². The topological polar surface area (TPSA) is 80.8 Å². The van der Waals surface area contributed by atoms with Gasteiger partial charge in [0.15, 0.2) is 0 Å². The van der Waals surface area contributed by atoms with Gasteiger partial charge in [0.25, 0.3) is 0 Å². The van der Waals surface area contributed by atoms with Crippen molar-refractivity contribution in [1.82, 2.24) is 0 Å². The summed E-state index contributed by atoms with van der Waals surface area (Å²) in [6.45, 7) is -0.146. The average molecular weight is 431 g/mol. The van der Waals surface area contributed by atoms with Gasteiger partial charge in [-0.3, -0.25) is 4.79 Å². The Hall–Kier alpha value is -0.830. The van der Waals surface area contributed by atoms with Gasteiger partial charge in [-0.2, -0.15) is 0 Å². The van der Waals surface area contributed by atoms with E-state index in [4.69, 9.17) is 22.3 Å². The first-order chi connectivity index (χ1) is 10.1. The molecule has 1 aromatic rings. The number of hydrogen-bond donors (Lipinski definition) is 0. The molecule has 10 heteroatoms. The number of hydrogen-bond acceptors (Lipinski definition) is 5. The number of ether oxygens (including phenoxy) is 1. The van der Waals surface area contributed by atoms with E-state index in [1.54, 1.807) is 0 Å². The third kappa shape index (κ3) is 3.40. The molecule has 0 aromatic heterocycles. The second kappa shape index (κ2) is 6.35. The highest BCUT2D eigenvalue weighted by molar-refractivity contribution is 9.10. The highest BCUT2D eigenvalue weighted by Gasteiger charge is 2.39. The number of rotatable bonds is 3. The summed E-state index contributed by atoms with van der Waals surface area (Å²) < 4.78 is 28.0. The summed E-state index contributed by atoms with van der Waals surface area (Å²) >= 11 is 9.19. The number of esters is 1. The average Bonchev–Trinajstić information content (AvgIpc) is 2.82. The van der Waals surface area contributed by atoms with Gasteiger partial charge in [0, 0.05) is 28.1 Å². The summed E-state index contributed by atoms with van der Waals surface area (Å²) in [6, 6.07) is 2.82. The predicted octanol–water partition coefficient (Wildman–Crippen LogP) is 2.56. The van der Waals surface area contributed by atoms with Crippen molar-refractivity contribution in [3.8, 4) is 0 Å². The highest BCUT2D eigenvalue weighted by atomic mass is 79.9. The Labute approximate surface area is 144 Å². The molecule has 1 aliphatic rings. The highest BCUT2D eigenvalue weighted by Crippen LogP contribution is 2.35. The van der Waals surface area contributed by atoms with Crippen LogP contribution in [0.2, 0.25) is 5.02 Å². The molecule has 1 unspecified atom stereocenters. The fourth-order valence-corrected chi connectivity index (χ4v) is 3.66. The summed E-state index contributed by atoms with van der Waals surface area (Å²) in [5, 5.41) is -0.762. The van der Waals surface area contributed by atoms with Crippen LogP contribution in [0.3, 0.4) is 0 Å². The summed E-state index contributed by atoms with van der Waals surface area (Å²) in [5.74, 6) is -1.13. The molecule has 0 radical (unpaired) electrons. The zero-order valence-corrected chi connectivity index (χ0v) is 15.1. The Morgan fingerprint density at radius 2 is 2.09 bits per heavy atom. The van der Waals surface area contributed by atoms with Gasteiger partial charge < -0.3 is 9.64 Å². The fourth-order valence-electron chi connectivity index (χ4n) is 2.13. The van der Waals surface area contributed by atoms with E-state index in [2.05, 4.69) is 20.7 Å². The van der Waals surface area contributed by atoms with Crippen LogP contribution in [-0.2, 0) is 18.6 Å². The first-order valence-corrected chi connectivity index (χ1v) is 9.50. The van der Waals surface area contributed by atoms with Crippen molar-refractivity contribution >= 4 is 64.8 Å². The molecule has 1 saturated heterocycles. The second-order valence-corrected chi connectivity index (χ2v) is 8.75. The maximum absolute atomic E-state index is 12.1. The van der Waals surface area contributed by atoms with Crippen molar-refractivity contribution < 1.29 is 22.7 Å². The molecule has 6 nitrogen and oxygen atoms in total. The van der Waals surface area contributed by atoms with Crippen LogP contribution in [0.4, 0.5) is 5.69 Å². The van der Waals surface area contributed by atoms with Crippen molar-refractivity contribution in [1.29, 1.82) is 0 Å². The second-order valence-electron chi connectivity index (χ2n) is 4.58. The van der Waals surface area contributed by atoms with Crippen LogP contribution in [-0.4, -0.2) is 39.2 Å². The van der Waals surface area contributed by atoms with Crippen molar-refractivity contribution in [2.75, 3.05) is 18.6 Å². The van der Waals surface area contributed by atoms with Crippen molar-refractivity contribution in [2.24, 2.45) is 0 Å². The normalized spacial score (nSPS) is 18.6. The Morgan fingerprint density at radius 1 is 1.45 bits per heavy atom. The lowest BCUT2D eigenvalue weighted by Crippen LogP contribution is -2.28. The summed E-state index contributed by atoms with van der Waals surface area (Å²) in [7, 11) is 2.63. The number of amides is 1. The predicted molar refractivity (Wildman–Crippen MR) is 86.0 cm³/mol. The summed E-state index contributed by atoms with van der Waals surface area (Å²) in [6.07, 6.45) is -0.250. The lowest BCUT2D eigenvalue weighted by Gasteiger charge is -2.20. The SMILES string of the molecule is COC(=O)c1cc(Br)c(Cl)cc1N1CC(S(=O)(=O)Cl)CC1=O. The maximum atomic E-state index is 12.1. The number of methoxy groups -OCH3 is 1. The minimum Gasteiger partial charge on any atom is -0.465 e. The van der Waals surface area contributed by atoms with E-state index in [0.717, 1.165) is 0 Å². The summed E-state index contributed by atoms with van der Waals surface area (Å²) in [5.41, 5.74) is 0.285. The molecule has 1 aliphatic heterocycles. The Bertz CT molecular complexity index is 752. The number of carbonyl (C=O) groups is 2. The molecule has 0 aliphatic carbocycles. The monoisotopic (exact) mass is 429 g/mol. The number of benzene rings is 1. The van der Waals surface area contributed by atoms with Gasteiger partial charge in [-0.05, 0) is 28.1 Å². The quantitative estimate of drug-likeness (QED) is 0.543. The van der Waals surface area contributed by atoms with Crippen molar-refractivity contribution in [3.63, 3.8) is 0 Å². The standard InChI is InChI=1S/C12H10BrCl2NO5S/c1-21-12(18)7-3-8(13)9(14)4-10(7)16-5-6(2-11(16)17)22(15,19)20/h3-4,6H,2,5H2,1H3. The molecule has 120 valence electrons. The molecule has 1 amide bonds. The molecule has 1 fully saturated rings. The molecular formula is C12H10BrCl2NO5S. The molecule has 0 bridgehead atoms. The molecular weight excluding hydrogens is 421 g/mol. The van der Waals surface area contributed by atoms with Crippen molar-refractivity contribution in [3.05, 3.63) is 27.2 Å². The van der Waals surface area contributed by atoms with Gasteiger partial charge in [0.1, 0.15) is 5.25 Å². The Kier molecular flexibility index (Phi) is 5.06. The third-order valence-electron chi connectivity index (χ3n) is 3.22. The molecule has 22 heavy (non-hydrogen) atoms. The van der Waals surface area contributed by atoms with Crippen LogP contribution >= 0.6 is 38.2 Å². The first kappa shape index (κ1) is 17.5. The van der Waals surface area contributed by atoms with Gasteiger partial charge in [-0.25, -0.2) is 13.2 Å². The zero-order chi connectivity index (χ0) is 16.7. The number of carbonyl (C=O) groups excluding carboxylic acids is 2. The van der Waals surface area contributed by atoms with Gasteiger partial charge in [-0.15, -0.1) is 0 Å². The van der Waals surface area contributed by atoms with E-state index >= 15 is 0 Å². The molecule has 0 saturated carbocycles. The van der Waals surface area contributed by atoms with Crippen LogP contribution in [0.15, 0.2) is 16.6 Å². The van der Waals surface area contributed by atoms with E-state index in [0.29, 0.717) is 4.47 Å². The van der Waals surface area contributed by atoms with Crippen LogP contribution in [0.25, 0.3) is 0 Å². The van der Waals surface area contributed by atoms with Gasteiger partial charge >= 0.3 is 5.97 Å². The van der Waals surface area contributed by atoms with Crippen molar-refractivity contribution in [2.45, 2.75) is 11.7 Å². The molecule has 1 aromatic carbocycles. The van der Waals surface area contributed by atoms with Gasteiger partial charge in [0.05, 0.1) is 23.4 Å². The number of halogens is 3. The van der Waals surface area contributed by atoms with Gasteiger partial charge in [0.2, 0.25) is 15.0 Å². The van der Waals surface area contributed by atoms with E-state index in [1.807, 2.05) is 0 Å². The third-order valence-corrected chi connectivity index (χ3v) is 6.29. The largest absolute Gasteiger partial charge is 0.465 e. The van der Waals surface area contributed by atoms with E-state index in [-0.39, 0.29) is 29.2 Å². The maximum Gasteiger partial charge on any atom is 0.340 e. The Morgan fingerprint density at radius 3 is 2.59 bits per heavy atom.